The molecule has 2 heterocycles. The number of rotatable bonds is 5. The van der Waals surface area contributed by atoms with Gasteiger partial charge in [-0.15, -0.1) is 5.10 Å². The van der Waals surface area contributed by atoms with E-state index in [9.17, 15) is 18.0 Å². The highest BCUT2D eigenvalue weighted by molar-refractivity contribution is 5.94. The number of carbonyl (C=O) groups excluding carboxylic acids is 1. The number of nitrogens with one attached hydrogen (secondary N) is 1. The number of ether oxygens (including phenoxy) is 2. The summed E-state index contributed by atoms with van der Waals surface area (Å²) in [6.45, 7) is 3.17. The van der Waals surface area contributed by atoms with Gasteiger partial charge in [-0.1, -0.05) is 0 Å². The molecule has 0 aliphatic rings. The Morgan fingerprint density at radius 2 is 1.90 bits per heavy atom. The molecule has 1 aromatic carbocycles. The molecule has 0 saturated heterocycles. The zero-order valence-corrected chi connectivity index (χ0v) is 16.1. The van der Waals surface area contributed by atoms with Crippen LogP contribution in [-0.4, -0.2) is 39.7 Å². The van der Waals surface area contributed by atoms with Crippen LogP contribution in [0.5, 0.6) is 11.5 Å². The van der Waals surface area contributed by atoms with Crippen molar-refractivity contribution in [3.05, 3.63) is 41.0 Å². The fourth-order valence-corrected chi connectivity index (χ4v) is 2.84. The fourth-order valence-electron chi connectivity index (χ4n) is 2.84. The van der Waals surface area contributed by atoms with Crippen molar-refractivity contribution < 1.29 is 27.4 Å². The molecule has 2 aromatic heterocycles. The molecule has 0 bridgehead atoms. The Morgan fingerprint density at radius 3 is 2.52 bits per heavy atom. The van der Waals surface area contributed by atoms with E-state index >= 15 is 0 Å². The first-order valence-electron chi connectivity index (χ1n) is 8.46. The topological polar surface area (TPSA) is 90.6 Å². The Morgan fingerprint density at radius 1 is 1.17 bits per heavy atom. The van der Waals surface area contributed by atoms with Gasteiger partial charge in [0.2, 0.25) is 5.91 Å². The van der Waals surface area contributed by atoms with E-state index < -0.39 is 17.9 Å². The lowest BCUT2D eigenvalue weighted by Gasteiger charge is -2.13. The van der Waals surface area contributed by atoms with Gasteiger partial charge in [-0.25, -0.2) is 9.50 Å². The maximum absolute atomic E-state index is 12.9. The number of aromatic nitrogens is 4. The van der Waals surface area contributed by atoms with Crippen molar-refractivity contribution in [3.8, 4) is 11.5 Å². The second-order valence-electron chi connectivity index (χ2n) is 6.20. The molecule has 154 valence electrons. The van der Waals surface area contributed by atoms with E-state index in [1.807, 2.05) is 0 Å². The highest BCUT2D eigenvalue weighted by Gasteiger charge is 2.37. The van der Waals surface area contributed by atoms with E-state index in [0.29, 0.717) is 34.1 Å². The van der Waals surface area contributed by atoms with Gasteiger partial charge >= 0.3 is 6.18 Å². The number of fused-ring (bicyclic) bond motifs is 1. The molecule has 29 heavy (non-hydrogen) atoms. The number of hydrogen-bond donors (Lipinski definition) is 1. The smallest absolute Gasteiger partial charge is 0.453 e. The van der Waals surface area contributed by atoms with E-state index in [-0.39, 0.29) is 12.2 Å². The van der Waals surface area contributed by atoms with Gasteiger partial charge < -0.3 is 14.8 Å². The predicted molar refractivity (Wildman–Crippen MR) is 97.1 cm³/mol. The molecule has 1 N–H and O–H groups in total. The summed E-state index contributed by atoms with van der Waals surface area (Å²) in [6, 6.07) is 4.91. The third-order valence-corrected chi connectivity index (χ3v) is 4.32. The largest absolute Gasteiger partial charge is 0.497 e. The Balaban J connectivity index is 1.89. The molecule has 0 atom stereocenters. The highest BCUT2D eigenvalue weighted by Crippen LogP contribution is 2.30. The molecular formula is C18H18F3N5O3. The van der Waals surface area contributed by atoms with Gasteiger partial charge in [0.1, 0.15) is 11.5 Å². The standard InChI is InChI=1S/C18H18F3N5O3/c1-9-12(10(2)26-17(22-9)24-16(25-26)18(19,20)21)8-15(27)23-13-6-5-11(28-3)7-14(13)29-4/h5-7H,8H2,1-4H3,(H,23,27). The molecule has 3 aromatic rings. The Labute approximate surface area is 163 Å². The van der Waals surface area contributed by atoms with Gasteiger partial charge in [0.05, 0.1) is 26.3 Å². The maximum atomic E-state index is 12.9. The van der Waals surface area contributed by atoms with E-state index in [4.69, 9.17) is 9.47 Å². The van der Waals surface area contributed by atoms with Crippen LogP contribution in [0.25, 0.3) is 5.78 Å². The SMILES string of the molecule is COc1ccc(NC(=O)Cc2c(C)nc3nc(C(F)(F)F)nn3c2C)c(OC)c1. The molecule has 3 rings (SSSR count). The summed E-state index contributed by atoms with van der Waals surface area (Å²) < 4.78 is 50.0. The first-order chi connectivity index (χ1) is 13.6. The Bertz CT molecular complexity index is 1080. The lowest BCUT2D eigenvalue weighted by molar-refractivity contribution is -0.144. The molecule has 8 nitrogen and oxygen atoms in total. The van der Waals surface area contributed by atoms with Crippen LogP contribution in [0.4, 0.5) is 18.9 Å². The number of carbonyl (C=O) groups is 1. The Kier molecular flexibility index (Phi) is 5.31. The van der Waals surface area contributed by atoms with Crippen molar-refractivity contribution in [1.82, 2.24) is 19.6 Å². The number of alkyl halides is 3. The normalized spacial score (nSPS) is 11.6. The number of halogens is 3. The number of benzene rings is 1. The summed E-state index contributed by atoms with van der Waals surface area (Å²) in [4.78, 5) is 20.0. The van der Waals surface area contributed by atoms with Crippen LogP contribution in [0.15, 0.2) is 18.2 Å². The van der Waals surface area contributed by atoms with Crippen LogP contribution in [0.2, 0.25) is 0 Å². The Hall–Kier alpha value is -3.37. The summed E-state index contributed by atoms with van der Waals surface area (Å²) in [7, 11) is 2.97. The molecule has 0 aliphatic heterocycles. The quantitative estimate of drug-likeness (QED) is 0.697. The van der Waals surface area contributed by atoms with Crippen LogP contribution >= 0.6 is 0 Å². The van der Waals surface area contributed by atoms with Crippen LogP contribution in [-0.2, 0) is 17.4 Å². The zero-order valence-electron chi connectivity index (χ0n) is 16.1. The van der Waals surface area contributed by atoms with Crippen molar-refractivity contribution in [1.29, 1.82) is 0 Å². The van der Waals surface area contributed by atoms with Gasteiger partial charge in [0.15, 0.2) is 0 Å². The number of amides is 1. The zero-order chi connectivity index (χ0) is 21.3. The lowest BCUT2D eigenvalue weighted by atomic mass is 10.1. The van der Waals surface area contributed by atoms with Gasteiger partial charge in [0.25, 0.3) is 11.6 Å². The summed E-state index contributed by atoms with van der Waals surface area (Å²) in [5.41, 5.74) is 1.64. The summed E-state index contributed by atoms with van der Waals surface area (Å²) >= 11 is 0. The summed E-state index contributed by atoms with van der Waals surface area (Å²) in [5.74, 6) is -0.874. The van der Waals surface area contributed by atoms with Crippen molar-refractivity contribution in [3.63, 3.8) is 0 Å². The molecule has 0 aliphatic carbocycles. The second kappa shape index (κ2) is 7.57. The van der Waals surface area contributed by atoms with Gasteiger partial charge in [-0.3, -0.25) is 4.79 Å². The van der Waals surface area contributed by atoms with E-state index in [2.05, 4.69) is 20.4 Å². The van der Waals surface area contributed by atoms with Crippen molar-refractivity contribution in [2.24, 2.45) is 0 Å². The van der Waals surface area contributed by atoms with Gasteiger partial charge in [0, 0.05) is 23.0 Å². The minimum Gasteiger partial charge on any atom is -0.497 e. The minimum atomic E-state index is -4.68. The molecule has 0 saturated carbocycles. The second-order valence-corrected chi connectivity index (χ2v) is 6.20. The van der Waals surface area contributed by atoms with Crippen LogP contribution in [0.1, 0.15) is 22.8 Å². The van der Waals surface area contributed by atoms with Crippen LogP contribution in [0, 0.1) is 13.8 Å². The number of hydrogen-bond acceptors (Lipinski definition) is 6. The van der Waals surface area contributed by atoms with E-state index in [1.54, 1.807) is 32.0 Å². The molecule has 11 heteroatoms. The molecular weight excluding hydrogens is 391 g/mol. The van der Waals surface area contributed by atoms with Gasteiger partial charge in [-0.05, 0) is 26.0 Å². The average Bonchev–Trinajstić information content (AvgIpc) is 3.10. The van der Waals surface area contributed by atoms with Crippen molar-refractivity contribution in [2.45, 2.75) is 26.4 Å². The predicted octanol–water partition coefficient (Wildman–Crippen LogP) is 2.96. The van der Waals surface area contributed by atoms with E-state index in [1.165, 1.54) is 14.2 Å². The summed E-state index contributed by atoms with van der Waals surface area (Å²) in [6.07, 6.45) is -4.80. The van der Waals surface area contributed by atoms with Crippen LogP contribution in [0.3, 0.4) is 0 Å². The lowest BCUT2D eigenvalue weighted by Crippen LogP contribution is -2.18. The molecule has 1 amide bonds. The maximum Gasteiger partial charge on any atom is 0.453 e. The number of nitrogens with zero attached hydrogens (tertiary/aromatic N) is 4. The summed E-state index contributed by atoms with van der Waals surface area (Å²) in [5, 5.41) is 6.20. The average molecular weight is 409 g/mol. The van der Waals surface area contributed by atoms with Crippen LogP contribution < -0.4 is 14.8 Å². The van der Waals surface area contributed by atoms with E-state index in [0.717, 1.165) is 4.52 Å². The minimum absolute atomic E-state index is 0.114. The first kappa shape index (κ1) is 20.4. The molecule has 0 spiro atoms. The molecule has 0 radical (unpaired) electrons. The fraction of sp³-hybridized carbons (Fsp3) is 0.333. The number of aryl methyl sites for hydroxylation is 2. The molecule has 0 fully saturated rings. The van der Waals surface area contributed by atoms with Crippen molar-refractivity contribution in [2.75, 3.05) is 19.5 Å². The third-order valence-electron chi connectivity index (χ3n) is 4.32. The first-order valence-corrected chi connectivity index (χ1v) is 8.46. The third kappa shape index (κ3) is 4.08. The highest BCUT2D eigenvalue weighted by atomic mass is 19.4. The van der Waals surface area contributed by atoms with Gasteiger partial charge in [-0.2, -0.15) is 18.2 Å². The van der Waals surface area contributed by atoms with Crippen molar-refractivity contribution >= 4 is 17.4 Å². The monoisotopic (exact) mass is 409 g/mol. The molecule has 0 unspecified atom stereocenters. The number of anilines is 1. The number of methoxy groups -OCH3 is 2.